The van der Waals surface area contributed by atoms with Crippen LogP contribution in [0, 0.1) is 5.92 Å². The molecule has 0 spiro atoms. The van der Waals surface area contributed by atoms with Crippen LogP contribution in [0.25, 0.3) is 0 Å². The minimum absolute atomic E-state index is 0.373. The molecule has 0 bridgehead atoms. The van der Waals surface area contributed by atoms with Gasteiger partial charge in [-0.3, -0.25) is 0 Å². The van der Waals surface area contributed by atoms with Crippen molar-refractivity contribution >= 4 is 23.4 Å². The van der Waals surface area contributed by atoms with Gasteiger partial charge in [0.2, 0.25) is 5.95 Å². The van der Waals surface area contributed by atoms with E-state index in [4.69, 9.17) is 17.3 Å². The average Bonchev–Trinajstić information content (AvgIpc) is 2.62. The summed E-state index contributed by atoms with van der Waals surface area (Å²) < 4.78 is 0. The van der Waals surface area contributed by atoms with E-state index in [1.54, 1.807) is 6.20 Å². The zero-order valence-electron chi connectivity index (χ0n) is 13.7. The number of hydrogen-bond acceptors (Lipinski definition) is 5. The molecule has 0 unspecified atom stereocenters. The summed E-state index contributed by atoms with van der Waals surface area (Å²) in [5.41, 5.74) is 7.14. The fourth-order valence-electron chi connectivity index (χ4n) is 2.99. The predicted molar refractivity (Wildman–Crippen MR) is 99.2 cm³/mol. The van der Waals surface area contributed by atoms with Crippen LogP contribution in [0.2, 0.25) is 5.02 Å². The molecule has 0 atom stereocenters. The van der Waals surface area contributed by atoms with Crippen molar-refractivity contribution < 1.29 is 0 Å². The molecule has 2 aromatic rings. The maximum atomic E-state index is 6.22. The highest BCUT2D eigenvalue weighted by molar-refractivity contribution is 6.32. The third-order valence-corrected chi connectivity index (χ3v) is 4.76. The normalized spacial score (nSPS) is 20.6. The Balaban J connectivity index is 1.55. The molecule has 1 fully saturated rings. The summed E-state index contributed by atoms with van der Waals surface area (Å²) >= 11 is 6.22. The van der Waals surface area contributed by atoms with Crippen molar-refractivity contribution in [3.05, 3.63) is 47.1 Å². The van der Waals surface area contributed by atoms with Crippen LogP contribution in [-0.2, 0) is 6.54 Å². The monoisotopic (exact) mass is 345 g/mol. The smallest absolute Gasteiger partial charge is 0.224 e. The molecule has 1 aromatic heterocycles. The van der Waals surface area contributed by atoms with E-state index in [2.05, 4.69) is 32.7 Å². The van der Waals surface area contributed by atoms with E-state index in [-0.39, 0.29) is 0 Å². The first-order chi connectivity index (χ1) is 11.7. The van der Waals surface area contributed by atoms with Crippen LogP contribution in [0.4, 0.5) is 11.8 Å². The fraction of sp³-hybridized carbons (Fsp3) is 0.444. The van der Waals surface area contributed by atoms with Gasteiger partial charge in [-0.15, -0.1) is 0 Å². The third kappa shape index (κ3) is 4.82. The number of benzene rings is 1. The molecule has 1 heterocycles. The lowest BCUT2D eigenvalue weighted by Gasteiger charge is -2.26. The number of nitrogens with two attached hydrogens (primary N) is 1. The first kappa shape index (κ1) is 17.0. The molecule has 128 valence electrons. The molecule has 1 aromatic carbocycles. The Morgan fingerprint density at radius 1 is 1.08 bits per heavy atom. The van der Waals surface area contributed by atoms with Crippen LogP contribution in [0.15, 0.2) is 36.5 Å². The number of anilines is 2. The molecule has 4 N–H and O–H groups in total. The summed E-state index contributed by atoms with van der Waals surface area (Å²) in [5, 5.41) is 7.16. The summed E-state index contributed by atoms with van der Waals surface area (Å²) in [7, 11) is 0. The van der Waals surface area contributed by atoms with Gasteiger partial charge in [-0.2, -0.15) is 4.98 Å². The first-order valence-corrected chi connectivity index (χ1v) is 8.88. The van der Waals surface area contributed by atoms with Gasteiger partial charge in [0.1, 0.15) is 10.8 Å². The van der Waals surface area contributed by atoms with Gasteiger partial charge >= 0.3 is 0 Å². The van der Waals surface area contributed by atoms with Crippen molar-refractivity contribution in [3.8, 4) is 0 Å². The van der Waals surface area contributed by atoms with E-state index in [9.17, 15) is 0 Å². The minimum atomic E-state index is 0.373. The maximum absolute atomic E-state index is 6.22. The topological polar surface area (TPSA) is 75.9 Å². The van der Waals surface area contributed by atoms with Gasteiger partial charge in [-0.25, -0.2) is 4.98 Å². The highest BCUT2D eigenvalue weighted by atomic mass is 35.5. The third-order valence-electron chi connectivity index (χ3n) is 4.49. The highest BCUT2D eigenvalue weighted by Gasteiger charge is 2.18. The zero-order valence-corrected chi connectivity index (χ0v) is 14.5. The van der Waals surface area contributed by atoms with Crippen molar-refractivity contribution in [2.75, 3.05) is 17.2 Å². The van der Waals surface area contributed by atoms with Gasteiger partial charge in [0.15, 0.2) is 0 Å². The van der Waals surface area contributed by atoms with E-state index in [0.29, 0.717) is 35.3 Å². The number of hydrogen-bond donors (Lipinski definition) is 3. The molecule has 0 amide bonds. The second-order valence-electron chi connectivity index (χ2n) is 6.39. The molecule has 0 radical (unpaired) electrons. The second kappa shape index (κ2) is 8.31. The number of nitrogens with zero attached hydrogens (tertiary/aromatic N) is 2. The minimum Gasteiger partial charge on any atom is -0.368 e. The maximum Gasteiger partial charge on any atom is 0.224 e. The Labute approximate surface area is 148 Å². The molecule has 0 aliphatic heterocycles. The van der Waals surface area contributed by atoms with Gasteiger partial charge in [-0.1, -0.05) is 41.9 Å². The lowest BCUT2D eigenvalue weighted by atomic mass is 9.86. The van der Waals surface area contributed by atoms with Crippen LogP contribution < -0.4 is 16.4 Å². The van der Waals surface area contributed by atoms with E-state index < -0.39 is 0 Å². The SMILES string of the molecule is N[C@H]1CC[C@H](CNc2nc(NCc3ccccc3)ncc2Cl)CC1. The van der Waals surface area contributed by atoms with Crippen LogP contribution in [0.5, 0.6) is 0 Å². The van der Waals surface area contributed by atoms with E-state index in [1.807, 2.05) is 18.2 Å². The Hall–Kier alpha value is -1.85. The van der Waals surface area contributed by atoms with Crippen LogP contribution in [-0.4, -0.2) is 22.6 Å². The summed E-state index contributed by atoms with van der Waals surface area (Å²) in [6.45, 7) is 1.56. The van der Waals surface area contributed by atoms with E-state index in [0.717, 1.165) is 32.2 Å². The Kier molecular flexibility index (Phi) is 5.88. The fourth-order valence-corrected chi connectivity index (χ4v) is 3.14. The molecule has 24 heavy (non-hydrogen) atoms. The molecule has 1 aliphatic rings. The highest BCUT2D eigenvalue weighted by Crippen LogP contribution is 2.25. The second-order valence-corrected chi connectivity index (χ2v) is 6.80. The quantitative estimate of drug-likeness (QED) is 0.744. The van der Waals surface area contributed by atoms with Crippen LogP contribution in [0.3, 0.4) is 0 Å². The number of nitrogens with one attached hydrogen (secondary N) is 2. The molecule has 5 nitrogen and oxygen atoms in total. The molecule has 6 heteroatoms. The van der Waals surface area contributed by atoms with Crippen molar-refractivity contribution in [3.63, 3.8) is 0 Å². The first-order valence-electron chi connectivity index (χ1n) is 8.50. The number of halogens is 1. The Morgan fingerprint density at radius 3 is 2.58 bits per heavy atom. The Morgan fingerprint density at radius 2 is 1.83 bits per heavy atom. The molecule has 1 aliphatic carbocycles. The number of aromatic nitrogens is 2. The van der Waals surface area contributed by atoms with Crippen LogP contribution in [0.1, 0.15) is 31.2 Å². The van der Waals surface area contributed by atoms with Crippen LogP contribution >= 0.6 is 11.6 Å². The van der Waals surface area contributed by atoms with Gasteiger partial charge < -0.3 is 16.4 Å². The standard InChI is InChI=1S/C18H24ClN5/c19-16-12-23-18(22-11-13-4-2-1-3-5-13)24-17(16)21-10-14-6-8-15(20)9-7-14/h1-5,12,14-15H,6-11,20H2,(H2,21,22,23,24)/t14-,15-. The molecule has 0 saturated heterocycles. The van der Waals surface area contributed by atoms with E-state index in [1.165, 1.54) is 5.56 Å². The molecule has 3 rings (SSSR count). The zero-order chi connectivity index (χ0) is 16.8. The average molecular weight is 346 g/mol. The summed E-state index contributed by atoms with van der Waals surface area (Å²) in [4.78, 5) is 8.74. The van der Waals surface area contributed by atoms with Crippen molar-refractivity contribution in [1.82, 2.24) is 9.97 Å². The van der Waals surface area contributed by atoms with Crippen molar-refractivity contribution in [2.45, 2.75) is 38.3 Å². The summed E-state index contributed by atoms with van der Waals surface area (Å²) in [6, 6.07) is 10.5. The predicted octanol–water partition coefficient (Wildman–Crippen LogP) is 3.67. The van der Waals surface area contributed by atoms with Gasteiger partial charge in [0.25, 0.3) is 0 Å². The molecular weight excluding hydrogens is 322 g/mol. The van der Waals surface area contributed by atoms with Crippen molar-refractivity contribution in [1.29, 1.82) is 0 Å². The molecular formula is C18H24ClN5. The summed E-state index contributed by atoms with van der Waals surface area (Å²) in [5.74, 6) is 1.91. The number of rotatable bonds is 6. The molecule has 1 saturated carbocycles. The van der Waals surface area contributed by atoms with Crippen molar-refractivity contribution in [2.24, 2.45) is 11.7 Å². The largest absolute Gasteiger partial charge is 0.368 e. The van der Waals surface area contributed by atoms with Gasteiger partial charge in [0.05, 0.1) is 6.20 Å². The summed E-state index contributed by atoms with van der Waals surface area (Å²) in [6.07, 6.45) is 6.18. The van der Waals surface area contributed by atoms with E-state index >= 15 is 0 Å². The Bertz CT molecular complexity index is 641. The van der Waals surface area contributed by atoms with Gasteiger partial charge in [0, 0.05) is 19.1 Å². The lowest BCUT2D eigenvalue weighted by molar-refractivity contribution is 0.338. The van der Waals surface area contributed by atoms with Gasteiger partial charge in [-0.05, 0) is 37.2 Å². The lowest BCUT2D eigenvalue weighted by Crippen LogP contribution is -2.29.